The lowest BCUT2D eigenvalue weighted by Crippen LogP contribution is -2.20. The van der Waals surface area contributed by atoms with Gasteiger partial charge in [0.1, 0.15) is 0 Å². The van der Waals surface area contributed by atoms with Crippen molar-refractivity contribution in [3.63, 3.8) is 0 Å². The molecule has 0 aliphatic heterocycles. The number of amides is 2. The van der Waals surface area contributed by atoms with E-state index in [4.69, 9.17) is 5.11 Å². The summed E-state index contributed by atoms with van der Waals surface area (Å²) in [5.74, 6) is -3.62. The summed E-state index contributed by atoms with van der Waals surface area (Å²) in [5, 5.41) is 29.2. The van der Waals surface area contributed by atoms with Gasteiger partial charge in [0.05, 0.1) is 11.1 Å². The topological polar surface area (TPSA) is 133 Å². The van der Waals surface area contributed by atoms with Crippen molar-refractivity contribution in [2.24, 2.45) is 17.3 Å². The zero-order chi connectivity index (χ0) is 20.4. The van der Waals surface area contributed by atoms with Crippen molar-refractivity contribution in [1.82, 2.24) is 4.57 Å². The molecule has 0 aliphatic carbocycles. The van der Waals surface area contributed by atoms with Crippen molar-refractivity contribution in [2.75, 3.05) is 5.32 Å². The maximum Gasteiger partial charge on any atom is 0.353 e. The molecule has 3 rings (SSSR count). The molecular weight excluding hydrogens is 364 g/mol. The summed E-state index contributed by atoms with van der Waals surface area (Å²) in [6.45, 7) is 1.87. The Hall–Kier alpha value is -4.01. The fourth-order valence-corrected chi connectivity index (χ4v) is 2.68. The molecule has 9 heteroatoms. The van der Waals surface area contributed by atoms with Gasteiger partial charge in [0.25, 0.3) is 0 Å². The molecule has 1 heterocycles. The highest BCUT2D eigenvalue weighted by molar-refractivity contribution is 6.40. The third-order valence-electron chi connectivity index (χ3n) is 4.10. The number of rotatable bonds is 3. The van der Waals surface area contributed by atoms with Gasteiger partial charge >= 0.3 is 17.8 Å². The first-order valence-electron chi connectivity index (χ1n) is 8.16. The van der Waals surface area contributed by atoms with Crippen LogP contribution in [-0.4, -0.2) is 32.6 Å². The number of azo groups is 1. The molecular formula is C19H16N4O5. The molecule has 28 heavy (non-hydrogen) atoms. The van der Waals surface area contributed by atoms with Crippen molar-refractivity contribution in [1.29, 1.82) is 0 Å². The van der Waals surface area contributed by atoms with Crippen LogP contribution in [0, 0.1) is 6.92 Å². The van der Waals surface area contributed by atoms with E-state index in [9.17, 15) is 19.5 Å². The molecule has 0 fully saturated rings. The number of aryl methyl sites for hydroxylation is 2. The van der Waals surface area contributed by atoms with E-state index < -0.39 is 17.8 Å². The highest BCUT2D eigenvalue weighted by Crippen LogP contribution is 2.38. The van der Waals surface area contributed by atoms with Gasteiger partial charge in [-0.05, 0) is 37.3 Å². The number of carbonyl (C=O) groups is 3. The van der Waals surface area contributed by atoms with Crippen LogP contribution < -0.4 is 5.32 Å². The Morgan fingerprint density at radius 2 is 1.86 bits per heavy atom. The molecule has 0 radical (unpaired) electrons. The molecule has 2 aromatic carbocycles. The van der Waals surface area contributed by atoms with Crippen molar-refractivity contribution in [3.8, 4) is 5.88 Å². The Labute approximate surface area is 158 Å². The highest BCUT2D eigenvalue weighted by Gasteiger charge is 2.17. The zero-order valence-electron chi connectivity index (χ0n) is 15.0. The Morgan fingerprint density at radius 1 is 1.11 bits per heavy atom. The second kappa shape index (κ2) is 7.31. The predicted molar refractivity (Wildman–Crippen MR) is 101 cm³/mol. The third-order valence-corrected chi connectivity index (χ3v) is 4.10. The average molecular weight is 380 g/mol. The number of benzene rings is 2. The van der Waals surface area contributed by atoms with Crippen LogP contribution in [0.5, 0.6) is 5.88 Å². The van der Waals surface area contributed by atoms with Gasteiger partial charge < -0.3 is 20.1 Å². The van der Waals surface area contributed by atoms with Crippen LogP contribution in [0.3, 0.4) is 0 Å². The van der Waals surface area contributed by atoms with E-state index in [0.29, 0.717) is 10.9 Å². The standard InChI is InChI=1S/C19H16N4O5/c1-10-6-7-14-13(8-10)15(18(26)23(14)2)21-22-17(25)16(24)20-12-5-3-4-11(9-12)19(27)28/h3-9,26H,1-2H3,(H,20,24)(H,27,28). The summed E-state index contributed by atoms with van der Waals surface area (Å²) >= 11 is 0. The van der Waals surface area contributed by atoms with E-state index in [-0.39, 0.29) is 22.8 Å². The Bertz CT molecular complexity index is 1150. The molecule has 3 aromatic rings. The third kappa shape index (κ3) is 3.58. The van der Waals surface area contributed by atoms with E-state index in [1.54, 1.807) is 19.2 Å². The first-order chi connectivity index (χ1) is 13.3. The first kappa shape index (κ1) is 18.8. The van der Waals surface area contributed by atoms with Gasteiger partial charge in [0.15, 0.2) is 5.69 Å². The van der Waals surface area contributed by atoms with Gasteiger partial charge in [0, 0.05) is 18.1 Å². The Kier molecular flexibility index (Phi) is 4.90. The van der Waals surface area contributed by atoms with Crippen LogP contribution >= 0.6 is 0 Å². The number of nitrogens with one attached hydrogen (secondary N) is 1. The van der Waals surface area contributed by atoms with Gasteiger partial charge in [0.2, 0.25) is 5.88 Å². The summed E-state index contributed by atoms with van der Waals surface area (Å²) in [4.78, 5) is 34.9. The van der Waals surface area contributed by atoms with Crippen molar-refractivity contribution >= 4 is 40.1 Å². The van der Waals surface area contributed by atoms with Crippen LogP contribution in [0.2, 0.25) is 0 Å². The lowest BCUT2D eigenvalue weighted by Gasteiger charge is -2.03. The number of aromatic nitrogens is 1. The molecule has 0 atom stereocenters. The summed E-state index contributed by atoms with van der Waals surface area (Å²) in [6, 6.07) is 10.9. The number of carboxylic acids is 1. The van der Waals surface area contributed by atoms with Crippen LogP contribution in [0.4, 0.5) is 11.4 Å². The van der Waals surface area contributed by atoms with E-state index in [1.807, 2.05) is 13.0 Å². The number of fused-ring (bicyclic) bond motifs is 1. The number of hydrogen-bond acceptors (Lipinski definition) is 5. The van der Waals surface area contributed by atoms with Crippen molar-refractivity contribution in [2.45, 2.75) is 6.92 Å². The summed E-state index contributed by atoms with van der Waals surface area (Å²) in [7, 11) is 1.63. The SMILES string of the molecule is Cc1ccc2c(c1)c(N=NC(=O)C(=O)Nc1cccc(C(=O)O)c1)c(O)n2C. The number of carboxylic acid groups (broad SMARTS) is 1. The molecule has 3 N–H and O–H groups in total. The summed E-state index contributed by atoms with van der Waals surface area (Å²) < 4.78 is 1.49. The number of hydrogen-bond donors (Lipinski definition) is 3. The van der Waals surface area contributed by atoms with E-state index in [2.05, 4.69) is 15.5 Å². The largest absolute Gasteiger partial charge is 0.493 e. The molecule has 2 amide bonds. The molecule has 0 aliphatic rings. The first-order valence-corrected chi connectivity index (χ1v) is 8.16. The highest BCUT2D eigenvalue weighted by atomic mass is 16.4. The van der Waals surface area contributed by atoms with Gasteiger partial charge in [-0.1, -0.05) is 17.7 Å². The number of carbonyl (C=O) groups excluding carboxylic acids is 2. The molecule has 0 spiro atoms. The van der Waals surface area contributed by atoms with Crippen molar-refractivity contribution in [3.05, 3.63) is 53.6 Å². The number of nitrogens with zero attached hydrogens (tertiary/aromatic N) is 3. The van der Waals surface area contributed by atoms with Crippen LogP contribution in [0.15, 0.2) is 52.7 Å². The molecule has 0 bridgehead atoms. The Morgan fingerprint density at radius 3 is 2.57 bits per heavy atom. The fourth-order valence-electron chi connectivity index (χ4n) is 2.68. The van der Waals surface area contributed by atoms with E-state index in [1.165, 1.54) is 28.8 Å². The normalized spacial score (nSPS) is 11.1. The van der Waals surface area contributed by atoms with Gasteiger partial charge in [-0.3, -0.25) is 9.59 Å². The van der Waals surface area contributed by atoms with Crippen LogP contribution in [-0.2, 0) is 16.6 Å². The minimum Gasteiger partial charge on any atom is -0.493 e. The molecule has 142 valence electrons. The molecule has 0 unspecified atom stereocenters. The number of anilines is 1. The van der Waals surface area contributed by atoms with E-state index in [0.717, 1.165) is 5.56 Å². The lowest BCUT2D eigenvalue weighted by atomic mass is 10.1. The molecule has 0 saturated heterocycles. The predicted octanol–water partition coefficient (Wildman–Crippen LogP) is 3.14. The van der Waals surface area contributed by atoms with Crippen molar-refractivity contribution < 1.29 is 24.6 Å². The maximum atomic E-state index is 12.0. The minimum absolute atomic E-state index is 0.0390. The average Bonchev–Trinajstić information content (AvgIpc) is 2.89. The number of aromatic carboxylic acids is 1. The van der Waals surface area contributed by atoms with Gasteiger partial charge in [-0.15, -0.1) is 10.2 Å². The fraction of sp³-hybridized carbons (Fsp3) is 0.105. The maximum absolute atomic E-state index is 12.0. The van der Waals surface area contributed by atoms with Gasteiger partial charge in [-0.25, -0.2) is 4.79 Å². The number of aromatic hydroxyl groups is 1. The Balaban J connectivity index is 1.82. The molecule has 9 nitrogen and oxygen atoms in total. The summed E-state index contributed by atoms with van der Waals surface area (Å²) in [5.41, 5.74) is 1.80. The van der Waals surface area contributed by atoms with Crippen LogP contribution in [0.1, 0.15) is 15.9 Å². The second-order valence-electron chi connectivity index (χ2n) is 6.10. The monoisotopic (exact) mass is 380 g/mol. The zero-order valence-corrected chi connectivity index (χ0v) is 15.0. The molecule has 1 aromatic heterocycles. The smallest absolute Gasteiger partial charge is 0.353 e. The second-order valence-corrected chi connectivity index (χ2v) is 6.10. The molecule has 0 saturated carbocycles. The lowest BCUT2D eigenvalue weighted by molar-refractivity contribution is -0.134. The minimum atomic E-state index is -1.19. The summed E-state index contributed by atoms with van der Waals surface area (Å²) in [6.07, 6.45) is 0. The van der Waals surface area contributed by atoms with E-state index >= 15 is 0 Å². The van der Waals surface area contributed by atoms with Crippen LogP contribution in [0.25, 0.3) is 10.9 Å². The van der Waals surface area contributed by atoms with Gasteiger partial charge in [-0.2, -0.15) is 0 Å². The quantitative estimate of drug-likeness (QED) is 0.474.